The lowest BCUT2D eigenvalue weighted by Gasteiger charge is -2.20. The maximum Gasteiger partial charge on any atom is 0.105 e. The summed E-state index contributed by atoms with van der Waals surface area (Å²) < 4.78 is 15.7. The maximum atomic E-state index is 10.1. The van der Waals surface area contributed by atoms with E-state index in [0.717, 1.165) is 5.56 Å². The van der Waals surface area contributed by atoms with Gasteiger partial charge in [-0.2, -0.15) is 0 Å². The summed E-state index contributed by atoms with van der Waals surface area (Å²) in [6.07, 6.45) is -0.867. The highest BCUT2D eigenvalue weighted by Gasteiger charge is 2.16. The first kappa shape index (κ1) is 16.1. The molecule has 4 heteroatoms. The van der Waals surface area contributed by atoms with Crippen molar-refractivity contribution >= 4 is 0 Å². The number of aliphatic hydroxyl groups excluding tert-OH is 1. The summed E-state index contributed by atoms with van der Waals surface area (Å²) in [6.45, 7) is 6.01. The number of benzene rings is 1. The number of ether oxygens (including phenoxy) is 3. The minimum Gasteiger partial charge on any atom is -0.386 e. The van der Waals surface area contributed by atoms with Crippen LogP contribution in [-0.2, 0) is 14.2 Å². The fourth-order valence-electron chi connectivity index (χ4n) is 1.66. The summed E-state index contributed by atoms with van der Waals surface area (Å²) >= 11 is 0. The zero-order chi connectivity index (χ0) is 14.1. The molecule has 2 atom stereocenters. The molecule has 0 aliphatic rings. The third kappa shape index (κ3) is 6.16. The maximum absolute atomic E-state index is 10.1. The Labute approximate surface area is 115 Å². The molecule has 108 valence electrons. The van der Waals surface area contributed by atoms with E-state index in [4.69, 9.17) is 14.2 Å². The van der Waals surface area contributed by atoms with Crippen LogP contribution in [0.25, 0.3) is 0 Å². The molecule has 1 N–H and O–H groups in total. The van der Waals surface area contributed by atoms with Gasteiger partial charge in [0.1, 0.15) is 6.10 Å². The molecule has 1 rings (SSSR count). The highest BCUT2D eigenvalue weighted by molar-refractivity contribution is 5.23. The van der Waals surface area contributed by atoms with Gasteiger partial charge in [0.25, 0.3) is 0 Å². The van der Waals surface area contributed by atoms with E-state index >= 15 is 0 Å². The van der Waals surface area contributed by atoms with E-state index in [-0.39, 0.29) is 6.10 Å². The van der Waals surface area contributed by atoms with Gasteiger partial charge in [-0.05, 0) is 19.4 Å². The molecule has 1 aromatic carbocycles. The third-order valence-electron chi connectivity index (χ3n) is 2.90. The van der Waals surface area contributed by atoms with Gasteiger partial charge in [0.2, 0.25) is 0 Å². The van der Waals surface area contributed by atoms with Crippen molar-refractivity contribution in [2.45, 2.75) is 26.1 Å². The standard InChI is InChI=1S/C15H24O4/c1-12-4-6-14(7-5-12)15(16)13(2)19-11-10-18-9-8-17-3/h4-7,13,15-16H,8-11H2,1-3H3. The first-order valence-corrected chi connectivity index (χ1v) is 6.58. The zero-order valence-electron chi connectivity index (χ0n) is 12.0. The lowest BCUT2D eigenvalue weighted by atomic mass is 10.0. The molecule has 4 nitrogen and oxygen atoms in total. The van der Waals surface area contributed by atoms with Crippen LogP contribution < -0.4 is 0 Å². The van der Waals surface area contributed by atoms with Crippen molar-refractivity contribution in [3.05, 3.63) is 35.4 Å². The topological polar surface area (TPSA) is 47.9 Å². The number of hydrogen-bond donors (Lipinski definition) is 1. The highest BCUT2D eigenvalue weighted by atomic mass is 16.5. The van der Waals surface area contributed by atoms with Crippen molar-refractivity contribution in [1.82, 2.24) is 0 Å². The second-order valence-electron chi connectivity index (χ2n) is 4.54. The lowest BCUT2D eigenvalue weighted by Crippen LogP contribution is -2.21. The minimum atomic E-state index is -0.612. The predicted molar refractivity (Wildman–Crippen MR) is 74.2 cm³/mol. The van der Waals surface area contributed by atoms with Crippen LogP contribution in [0, 0.1) is 6.92 Å². The number of rotatable bonds is 9. The fraction of sp³-hybridized carbons (Fsp3) is 0.600. The first-order chi connectivity index (χ1) is 9.15. The monoisotopic (exact) mass is 268 g/mol. The average molecular weight is 268 g/mol. The van der Waals surface area contributed by atoms with Gasteiger partial charge in [-0.25, -0.2) is 0 Å². The first-order valence-electron chi connectivity index (χ1n) is 6.58. The fourth-order valence-corrected chi connectivity index (χ4v) is 1.66. The second kappa shape index (κ2) is 9.04. The molecule has 0 spiro atoms. The predicted octanol–water partition coefficient (Wildman–Crippen LogP) is 2.10. The number of aliphatic hydroxyl groups is 1. The van der Waals surface area contributed by atoms with Crippen molar-refractivity contribution in [3.8, 4) is 0 Å². The van der Waals surface area contributed by atoms with Crippen molar-refractivity contribution in [1.29, 1.82) is 0 Å². The number of hydrogen-bond acceptors (Lipinski definition) is 4. The average Bonchev–Trinajstić information content (AvgIpc) is 2.42. The van der Waals surface area contributed by atoms with E-state index in [1.807, 2.05) is 38.1 Å². The summed E-state index contributed by atoms with van der Waals surface area (Å²) in [5, 5.41) is 10.1. The van der Waals surface area contributed by atoms with Crippen molar-refractivity contribution < 1.29 is 19.3 Å². The Kier molecular flexibility index (Phi) is 7.67. The Balaban J connectivity index is 2.25. The van der Waals surface area contributed by atoms with Crippen LogP contribution in [-0.4, -0.2) is 44.7 Å². The van der Waals surface area contributed by atoms with Crippen LogP contribution in [0.3, 0.4) is 0 Å². The summed E-state index contributed by atoms with van der Waals surface area (Å²) in [6, 6.07) is 7.82. The van der Waals surface area contributed by atoms with E-state index in [0.29, 0.717) is 26.4 Å². The van der Waals surface area contributed by atoms with Gasteiger partial charge in [0.05, 0.1) is 32.5 Å². The molecule has 0 amide bonds. The van der Waals surface area contributed by atoms with Crippen molar-refractivity contribution in [2.24, 2.45) is 0 Å². The summed E-state index contributed by atoms with van der Waals surface area (Å²) in [5.74, 6) is 0. The molecule has 0 aromatic heterocycles. The van der Waals surface area contributed by atoms with Crippen molar-refractivity contribution in [3.63, 3.8) is 0 Å². The Hall–Kier alpha value is -0.940. The number of methoxy groups -OCH3 is 1. The molecule has 2 unspecified atom stereocenters. The molecule has 19 heavy (non-hydrogen) atoms. The van der Waals surface area contributed by atoms with Gasteiger partial charge in [-0.1, -0.05) is 29.8 Å². The number of aryl methyl sites for hydroxylation is 1. The molecule has 0 aliphatic carbocycles. The SMILES string of the molecule is COCCOCCOC(C)C(O)c1ccc(C)cc1. The molecule has 0 fully saturated rings. The van der Waals surface area contributed by atoms with Gasteiger partial charge < -0.3 is 19.3 Å². The Morgan fingerprint density at radius 3 is 2.32 bits per heavy atom. The minimum absolute atomic E-state index is 0.256. The summed E-state index contributed by atoms with van der Waals surface area (Å²) in [4.78, 5) is 0. The lowest BCUT2D eigenvalue weighted by molar-refractivity contribution is -0.0517. The Morgan fingerprint density at radius 1 is 1.05 bits per heavy atom. The molecule has 1 aromatic rings. The van der Waals surface area contributed by atoms with Gasteiger partial charge in [-0.3, -0.25) is 0 Å². The Bertz CT molecular complexity index is 337. The normalized spacial score (nSPS) is 14.3. The van der Waals surface area contributed by atoms with E-state index in [1.54, 1.807) is 7.11 Å². The van der Waals surface area contributed by atoms with Crippen LogP contribution in [0.2, 0.25) is 0 Å². The quantitative estimate of drug-likeness (QED) is 0.697. The van der Waals surface area contributed by atoms with Crippen LogP contribution >= 0.6 is 0 Å². The highest BCUT2D eigenvalue weighted by Crippen LogP contribution is 2.19. The van der Waals surface area contributed by atoms with E-state index < -0.39 is 6.10 Å². The Morgan fingerprint density at radius 2 is 1.68 bits per heavy atom. The molecule has 0 saturated heterocycles. The van der Waals surface area contributed by atoms with Gasteiger partial charge in [0.15, 0.2) is 0 Å². The largest absolute Gasteiger partial charge is 0.386 e. The van der Waals surface area contributed by atoms with Crippen LogP contribution in [0.1, 0.15) is 24.2 Å². The zero-order valence-corrected chi connectivity index (χ0v) is 12.0. The molecule has 0 saturated carbocycles. The molecule has 0 radical (unpaired) electrons. The summed E-state index contributed by atoms with van der Waals surface area (Å²) in [5.41, 5.74) is 2.05. The van der Waals surface area contributed by atoms with Crippen LogP contribution in [0.5, 0.6) is 0 Å². The van der Waals surface area contributed by atoms with E-state index in [9.17, 15) is 5.11 Å². The molecule has 0 aliphatic heterocycles. The van der Waals surface area contributed by atoms with E-state index in [1.165, 1.54) is 5.56 Å². The molecule has 0 bridgehead atoms. The smallest absolute Gasteiger partial charge is 0.105 e. The van der Waals surface area contributed by atoms with Gasteiger partial charge >= 0.3 is 0 Å². The third-order valence-corrected chi connectivity index (χ3v) is 2.90. The molecular formula is C15H24O4. The summed E-state index contributed by atoms with van der Waals surface area (Å²) in [7, 11) is 1.64. The second-order valence-corrected chi connectivity index (χ2v) is 4.54. The van der Waals surface area contributed by atoms with Crippen LogP contribution in [0.15, 0.2) is 24.3 Å². The van der Waals surface area contributed by atoms with Gasteiger partial charge in [-0.15, -0.1) is 0 Å². The molecular weight excluding hydrogens is 244 g/mol. The van der Waals surface area contributed by atoms with Crippen LogP contribution in [0.4, 0.5) is 0 Å². The van der Waals surface area contributed by atoms with E-state index in [2.05, 4.69) is 0 Å². The van der Waals surface area contributed by atoms with Crippen molar-refractivity contribution in [2.75, 3.05) is 33.5 Å². The molecule has 0 heterocycles. The van der Waals surface area contributed by atoms with Gasteiger partial charge in [0, 0.05) is 7.11 Å².